The van der Waals surface area contributed by atoms with E-state index < -0.39 is 0 Å². The van der Waals surface area contributed by atoms with E-state index in [0.717, 1.165) is 50.0 Å². The van der Waals surface area contributed by atoms with Gasteiger partial charge in [-0.05, 0) is 43.3 Å². The summed E-state index contributed by atoms with van der Waals surface area (Å²) in [6.07, 6.45) is 0.904. The number of H-pyrrole nitrogens is 1. The van der Waals surface area contributed by atoms with Gasteiger partial charge >= 0.3 is 0 Å². The molecular formula is C22H24Cl2N4O. The third kappa shape index (κ3) is 4.69. The van der Waals surface area contributed by atoms with Crippen LogP contribution in [0.15, 0.2) is 48.5 Å². The molecule has 0 aliphatic carbocycles. The standard InChI is InChI=1S/C22H24Cl2N4O/c23-16-7-8-19-18(15-16)20(24)21(26-19)22(29)25-9-4-10-27-11-13-28(14-12-27)17-5-2-1-3-6-17/h1-3,5-8,15,26H,4,9-14H2,(H,25,29). The molecule has 2 N–H and O–H groups in total. The first-order valence-corrected chi connectivity index (χ1v) is 10.6. The predicted molar refractivity (Wildman–Crippen MR) is 120 cm³/mol. The van der Waals surface area contributed by atoms with Gasteiger partial charge in [0.05, 0.1) is 5.02 Å². The molecule has 0 saturated carbocycles. The van der Waals surface area contributed by atoms with Crippen LogP contribution in [0.3, 0.4) is 0 Å². The van der Waals surface area contributed by atoms with Gasteiger partial charge in [0.2, 0.25) is 0 Å². The maximum Gasteiger partial charge on any atom is 0.269 e. The van der Waals surface area contributed by atoms with E-state index in [2.05, 4.69) is 44.4 Å². The normalized spacial score (nSPS) is 15.0. The van der Waals surface area contributed by atoms with Gasteiger partial charge in [0.1, 0.15) is 5.69 Å². The second-order valence-corrected chi connectivity index (χ2v) is 8.09. The highest BCUT2D eigenvalue weighted by atomic mass is 35.5. The number of amides is 1. The van der Waals surface area contributed by atoms with Gasteiger partial charge < -0.3 is 15.2 Å². The van der Waals surface area contributed by atoms with Crippen molar-refractivity contribution >= 4 is 45.7 Å². The van der Waals surface area contributed by atoms with Crippen molar-refractivity contribution in [3.05, 3.63) is 64.3 Å². The summed E-state index contributed by atoms with van der Waals surface area (Å²) in [7, 11) is 0. The third-order valence-electron chi connectivity index (χ3n) is 5.35. The fourth-order valence-corrected chi connectivity index (χ4v) is 4.21. The summed E-state index contributed by atoms with van der Waals surface area (Å²) in [5, 5.41) is 4.74. The number of para-hydroxylation sites is 1. The van der Waals surface area contributed by atoms with Gasteiger partial charge in [-0.25, -0.2) is 0 Å². The molecule has 1 fully saturated rings. The van der Waals surface area contributed by atoms with Gasteiger partial charge in [-0.15, -0.1) is 0 Å². The number of hydrogen-bond acceptors (Lipinski definition) is 3. The summed E-state index contributed by atoms with van der Waals surface area (Å²) in [6.45, 7) is 5.73. The molecule has 152 valence electrons. The minimum absolute atomic E-state index is 0.184. The molecule has 2 heterocycles. The highest BCUT2D eigenvalue weighted by Crippen LogP contribution is 2.29. The number of rotatable bonds is 6. The Morgan fingerprint density at radius 3 is 2.55 bits per heavy atom. The van der Waals surface area contributed by atoms with Crippen LogP contribution in [0.5, 0.6) is 0 Å². The summed E-state index contributed by atoms with van der Waals surface area (Å²) < 4.78 is 0. The molecule has 0 bridgehead atoms. The maximum absolute atomic E-state index is 12.5. The average Bonchev–Trinajstić information content (AvgIpc) is 3.08. The fraction of sp³-hybridized carbons (Fsp3) is 0.318. The largest absolute Gasteiger partial charge is 0.369 e. The summed E-state index contributed by atoms with van der Waals surface area (Å²) in [5.74, 6) is -0.184. The topological polar surface area (TPSA) is 51.4 Å². The van der Waals surface area contributed by atoms with E-state index in [0.29, 0.717) is 22.3 Å². The highest BCUT2D eigenvalue weighted by Gasteiger charge is 2.18. The molecule has 1 aliphatic rings. The SMILES string of the molecule is O=C(NCCCN1CCN(c2ccccc2)CC1)c1[nH]c2ccc(Cl)cc2c1Cl. The van der Waals surface area contributed by atoms with Gasteiger partial charge in [-0.1, -0.05) is 41.4 Å². The van der Waals surface area contributed by atoms with Crippen LogP contribution < -0.4 is 10.2 Å². The molecule has 1 aromatic heterocycles. The monoisotopic (exact) mass is 430 g/mol. The lowest BCUT2D eigenvalue weighted by atomic mass is 10.2. The molecule has 0 radical (unpaired) electrons. The van der Waals surface area contributed by atoms with Crippen LogP contribution in [0.25, 0.3) is 10.9 Å². The third-order valence-corrected chi connectivity index (χ3v) is 5.98. The number of carbonyl (C=O) groups is 1. The van der Waals surface area contributed by atoms with E-state index in [-0.39, 0.29) is 5.91 Å². The van der Waals surface area contributed by atoms with Crippen LogP contribution in [-0.2, 0) is 0 Å². The molecule has 0 spiro atoms. The summed E-state index contributed by atoms with van der Waals surface area (Å²) >= 11 is 12.4. The first-order valence-electron chi connectivity index (χ1n) is 9.89. The molecule has 7 heteroatoms. The number of anilines is 1. The molecule has 1 aliphatic heterocycles. The first-order chi connectivity index (χ1) is 14.1. The van der Waals surface area contributed by atoms with Gasteiger partial charge in [0.25, 0.3) is 5.91 Å². The average molecular weight is 431 g/mol. The number of nitrogens with one attached hydrogen (secondary N) is 2. The molecule has 0 unspecified atom stereocenters. The van der Waals surface area contributed by atoms with Crippen molar-refractivity contribution in [3.63, 3.8) is 0 Å². The Morgan fingerprint density at radius 2 is 1.79 bits per heavy atom. The van der Waals surface area contributed by atoms with Crippen molar-refractivity contribution in [2.45, 2.75) is 6.42 Å². The zero-order valence-corrected chi connectivity index (χ0v) is 17.6. The smallest absolute Gasteiger partial charge is 0.269 e. The lowest BCUT2D eigenvalue weighted by Crippen LogP contribution is -2.47. The number of aromatic amines is 1. The van der Waals surface area contributed by atoms with Gasteiger partial charge in [-0.3, -0.25) is 9.69 Å². The van der Waals surface area contributed by atoms with Crippen molar-refractivity contribution in [3.8, 4) is 0 Å². The number of piperazine rings is 1. The Kier molecular flexibility index (Phi) is 6.28. The fourth-order valence-electron chi connectivity index (χ4n) is 3.75. The van der Waals surface area contributed by atoms with E-state index in [9.17, 15) is 4.79 Å². The number of benzene rings is 2. The number of nitrogens with zero attached hydrogens (tertiary/aromatic N) is 2. The van der Waals surface area contributed by atoms with Crippen LogP contribution >= 0.6 is 23.2 Å². The van der Waals surface area contributed by atoms with E-state index >= 15 is 0 Å². The molecule has 4 rings (SSSR count). The molecular weight excluding hydrogens is 407 g/mol. The van der Waals surface area contributed by atoms with E-state index in [1.54, 1.807) is 12.1 Å². The number of aromatic nitrogens is 1. The molecule has 0 atom stereocenters. The molecule has 29 heavy (non-hydrogen) atoms. The van der Waals surface area contributed by atoms with Crippen LogP contribution in [0, 0.1) is 0 Å². The first kappa shape index (κ1) is 20.1. The van der Waals surface area contributed by atoms with Crippen LogP contribution in [0.1, 0.15) is 16.9 Å². The lowest BCUT2D eigenvalue weighted by molar-refractivity contribution is 0.0947. The Bertz CT molecular complexity index is 981. The quantitative estimate of drug-likeness (QED) is 0.569. The van der Waals surface area contributed by atoms with Crippen molar-refractivity contribution in [1.29, 1.82) is 0 Å². The van der Waals surface area contributed by atoms with Crippen molar-refractivity contribution in [2.24, 2.45) is 0 Å². The van der Waals surface area contributed by atoms with Crippen molar-refractivity contribution in [1.82, 2.24) is 15.2 Å². The van der Waals surface area contributed by atoms with Gasteiger partial charge in [0.15, 0.2) is 0 Å². The van der Waals surface area contributed by atoms with Crippen LogP contribution in [0.2, 0.25) is 10.0 Å². The Hall–Kier alpha value is -2.21. The zero-order chi connectivity index (χ0) is 20.2. The van der Waals surface area contributed by atoms with E-state index in [1.807, 2.05) is 12.1 Å². The zero-order valence-electron chi connectivity index (χ0n) is 16.1. The van der Waals surface area contributed by atoms with Crippen molar-refractivity contribution in [2.75, 3.05) is 44.2 Å². The second-order valence-electron chi connectivity index (χ2n) is 7.28. The Balaban J connectivity index is 1.22. The number of fused-ring (bicyclic) bond motifs is 1. The van der Waals surface area contributed by atoms with Crippen LogP contribution in [-0.4, -0.2) is 55.1 Å². The second kappa shape index (κ2) is 9.08. The highest BCUT2D eigenvalue weighted by molar-refractivity contribution is 6.39. The molecule has 1 saturated heterocycles. The van der Waals surface area contributed by atoms with E-state index in [4.69, 9.17) is 23.2 Å². The Labute approximate surface area is 180 Å². The summed E-state index contributed by atoms with van der Waals surface area (Å²) in [5.41, 5.74) is 2.48. The van der Waals surface area contributed by atoms with E-state index in [1.165, 1.54) is 5.69 Å². The minimum atomic E-state index is -0.184. The van der Waals surface area contributed by atoms with Crippen LogP contribution in [0.4, 0.5) is 5.69 Å². The molecule has 2 aromatic carbocycles. The molecule has 1 amide bonds. The number of hydrogen-bond donors (Lipinski definition) is 2. The predicted octanol–water partition coefficient (Wildman–Crippen LogP) is 4.42. The number of halogens is 2. The van der Waals surface area contributed by atoms with Gasteiger partial charge in [0, 0.05) is 54.3 Å². The minimum Gasteiger partial charge on any atom is -0.369 e. The summed E-state index contributed by atoms with van der Waals surface area (Å²) in [6, 6.07) is 15.9. The maximum atomic E-state index is 12.5. The summed E-state index contributed by atoms with van der Waals surface area (Å²) in [4.78, 5) is 20.4. The molecule has 5 nitrogen and oxygen atoms in total. The number of carbonyl (C=O) groups excluding carboxylic acids is 1. The molecule has 3 aromatic rings. The lowest BCUT2D eigenvalue weighted by Gasteiger charge is -2.36. The van der Waals surface area contributed by atoms with Gasteiger partial charge in [-0.2, -0.15) is 0 Å². The Morgan fingerprint density at radius 1 is 1.03 bits per heavy atom. The van der Waals surface area contributed by atoms with Crippen molar-refractivity contribution < 1.29 is 4.79 Å².